The minimum Gasteiger partial charge on any atom is -0.341 e. The summed E-state index contributed by atoms with van der Waals surface area (Å²) in [4.78, 5) is 14.5. The molecule has 1 atom stereocenters. The van der Waals surface area contributed by atoms with Gasteiger partial charge in [0.15, 0.2) is 0 Å². The number of aromatic nitrogens is 2. The van der Waals surface area contributed by atoms with Crippen LogP contribution >= 0.6 is 11.8 Å². The minimum atomic E-state index is 0.231. The van der Waals surface area contributed by atoms with Gasteiger partial charge >= 0.3 is 0 Å². The van der Waals surface area contributed by atoms with E-state index in [0.717, 1.165) is 37.5 Å². The van der Waals surface area contributed by atoms with Crippen LogP contribution in [0.1, 0.15) is 38.8 Å². The molecule has 1 aromatic heterocycles. The van der Waals surface area contributed by atoms with Crippen LogP contribution in [0.15, 0.2) is 12.3 Å². The standard InChI is InChI=1S/C15H25N3OS/c1-3-18-10-8-13(16-18)11-15(19)17-9-6-5-7-14(12-17)20-4-2/h8,10,14H,3-7,9,11-12H2,1-2H3. The summed E-state index contributed by atoms with van der Waals surface area (Å²) in [7, 11) is 0. The van der Waals surface area contributed by atoms with Crippen LogP contribution in [0, 0.1) is 0 Å². The fourth-order valence-electron chi connectivity index (χ4n) is 2.64. The van der Waals surface area contributed by atoms with Crippen LogP contribution in [-0.2, 0) is 17.8 Å². The van der Waals surface area contributed by atoms with Crippen LogP contribution in [0.5, 0.6) is 0 Å². The Morgan fingerprint density at radius 3 is 3.00 bits per heavy atom. The first-order valence-electron chi connectivity index (χ1n) is 7.64. The van der Waals surface area contributed by atoms with E-state index in [1.807, 2.05) is 33.6 Å². The van der Waals surface area contributed by atoms with E-state index in [1.54, 1.807) is 0 Å². The molecule has 0 aliphatic carbocycles. The maximum absolute atomic E-state index is 12.4. The van der Waals surface area contributed by atoms with Crippen molar-refractivity contribution in [1.29, 1.82) is 0 Å². The van der Waals surface area contributed by atoms with Gasteiger partial charge in [0.1, 0.15) is 0 Å². The quantitative estimate of drug-likeness (QED) is 0.838. The number of hydrogen-bond donors (Lipinski definition) is 0. The highest BCUT2D eigenvalue weighted by atomic mass is 32.2. The molecular weight excluding hydrogens is 270 g/mol. The number of thioether (sulfide) groups is 1. The molecule has 0 N–H and O–H groups in total. The third kappa shape index (κ3) is 4.27. The molecule has 1 amide bonds. The van der Waals surface area contributed by atoms with E-state index in [-0.39, 0.29) is 5.91 Å². The molecule has 1 aliphatic rings. The van der Waals surface area contributed by atoms with Crippen LogP contribution in [0.3, 0.4) is 0 Å². The molecule has 5 heteroatoms. The van der Waals surface area contributed by atoms with Crippen molar-refractivity contribution in [2.24, 2.45) is 0 Å². The first-order valence-corrected chi connectivity index (χ1v) is 8.69. The van der Waals surface area contributed by atoms with Gasteiger partial charge in [0, 0.05) is 31.1 Å². The highest BCUT2D eigenvalue weighted by Gasteiger charge is 2.22. The van der Waals surface area contributed by atoms with Gasteiger partial charge in [-0.3, -0.25) is 9.48 Å². The molecule has 0 saturated carbocycles. The number of hydrogen-bond acceptors (Lipinski definition) is 3. The van der Waals surface area contributed by atoms with Crippen molar-refractivity contribution < 1.29 is 4.79 Å². The predicted octanol–water partition coefficient (Wildman–Crippen LogP) is 2.58. The molecule has 0 radical (unpaired) electrons. The third-order valence-corrected chi connectivity index (χ3v) is 4.92. The average molecular weight is 295 g/mol. The Morgan fingerprint density at radius 1 is 1.45 bits per heavy atom. The fraction of sp³-hybridized carbons (Fsp3) is 0.733. The minimum absolute atomic E-state index is 0.231. The summed E-state index contributed by atoms with van der Waals surface area (Å²) in [5, 5.41) is 5.02. The van der Waals surface area contributed by atoms with Gasteiger partial charge in [-0.05, 0) is 31.6 Å². The van der Waals surface area contributed by atoms with Gasteiger partial charge in [-0.2, -0.15) is 16.9 Å². The Bertz CT molecular complexity index is 433. The van der Waals surface area contributed by atoms with Crippen molar-refractivity contribution in [3.05, 3.63) is 18.0 Å². The Kier molecular flexibility index (Phi) is 5.95. The van der Waals surface area contributed by atoms with Gasteiger partial charge in [-0.15, -0.1) is 0 Å². The second-order valence-corrected chi connectivity index (χ2v) is 6.83. The lowest BCUT2D eigenvalue weighted by molar-refractivity contribution is -0.130. The molecule has 0 spiro atoms. The zero-order valence-electron chi connectivity index (χ0n) is 12.5. The lowest BCUT2D eigenvalue weighted by Gasteiger charge is -2.23. The molecule has 1 aromatic rings. The van der Waals surface area contributed by atoms with Crippen LogP contribution in [0.2, 0.25) is 0 Å². The lowest BCUT2D eigenvalue weighted by Crippen LogP contribution is -2.36. The van der Waals surface area contributed by atoms with E-state index in [0.29, 0.717) is 11.7 Å². The van der Waals surface area contributed by atoms with Crippen molar-refractivity contribution >= 4 is 17.7 Å². The van der Waals surface area contributed by atoms with E-state index in [4.69, 9.17) is 0 Å². The van der Waals surface area contributed by atoms with Crippen molar-refractivity contribution in [3.63, 3.8) is 0 Å². The van der Waals surface area contributed by atoms with Crippen LogP contribution in [0.25, 0.3) is 0 Å². The van der Waals surface area contributed by atoms with Crippen molar-refractivity contribution in [1.82, 2.24) is 14.7 Å². The highest BCUT2D eigenvalue weighted by Crippen LogP contribution is 2.22. The Balaban J connectivity index is 1.92. The summed E-state index contributed by atoms with van der Waals surface area (Å²) in [6.07, 6.45) is 6.01. The van der Waals surface area contributed by atoms with Gasteiger partial charge in [0.25, 0.3) is 0 Å². The van der Waals surface area contributed by atoms with Crippen molar-refractivity contribution in [2.75, 3.05) is 18.8 Å². The van der Waals surface area contributed by atoms with E-state index in [1.165, 1.54) is 12.8 Å². The first kappa shape index (κ1) is 15.4. The molecule has 4 nitrogen and oxygen atoms in total. The van der Waals surface area contributed by atoms with E-state index < -0.39 is 0 Å². The molecule has 1 aliphatic heterocycles. The van der Waals surface area contributed by atoms with Gasteiger partial charge in [0.05, 0.1) is 12.1 Å². The summed E-state index contributed by atoms with van der Waals surface area (Å²) in [5.74, 6) is 1.36. The molecule has 20 heavy (non-hydrogen) atoms. The number of nitrogens with zero attached hydrogens (tertiary/aromatic N) is 3. The zero-order chi connectivity index (χ0) is 14.4. The smallest absolute Gasteiger partial charge is 0.228 e. The summed E-state index contributed by atoms with van der Waals surface area (Å²) in [5.41, 5.74) is 0.890. The molecular formula is C15H25N3OS. The molecule has 1 fully saturated rings. The van der Waals surface area contributed by atoms with Crippen molar-refractivity contribution in [2.45, 2.75) is 51.3 Å². The number of likely N-dealkylation sites (tertiary alicyclic amines) is 1. The number of aryl methyl sites for hydroxylation is 1. The maximum atomic E-state index is 12.4. The van der Waals surface area contributed by atoms with Crippen molar-refractivity contribution in [3.8, 4) is 0 Å². The largest absolute Gasteiger partial charge is 0.341 e. The highest BCUT2D eigenvalue weighted by molar-refractivity contribution is 7.99. The maximum Gasteiger partial charge on any atom is 0.228 e. The molecule has 112 valence electrons. The Labute approximate surface area is 125 Å². The Morgan fingerprint density at radius 2 is 2.30 bits per heavy atom. The molecule has 1 saturated heterocycles. The predicted molar refractivity (Wildman–Crippen MR) is 84.0 cm³/mol. The molecule has 2 rings (SSSR count). The fourth-order valence-corrected chi connectivity index (χ4v) is 3.73. The van der Waals surface area contributed by atoms with Crippen LogP contribution in [-0.4, -0.2) is 44.7 Å². The number of carbonyl (C=O) groups excluding carboxylic acids is 1. The third-order valence-electron chi connectivity index (χ3n) is 3.74. The summed E-state index contributed by atoms with van der Waals surface area (Å²) >= 11 is 1.99. The molecule has 0 aromatic carbocycles. The number of carbonyl (C=O) groups is 1. The normalized spacial score (nSPS) is 19.9. The van der Waals surface area contributed by atoms with Gasteiger partial charge in [-0.1, -0.05) is 13.3 Å². The van der Waals surface area contributed by atoms with Gasteiger partial charge in [0.2, 0.25) is 5.91 Å². The van der Waals surface area contributed by atoms with E-state index in [2.05, 4.69) is 18.9 Å². The summed E-state index contributed by atoms with van der Waals surface area (Å²) in [6.45, 7) is 6.92. The van der Waals surface area contributed by atoms with E-state index in [9.17, 15) is 4.79 Å². The second kappa shape index (κ2) is 7.72. The van der Waals surface area contributed by atoms with Crippen LogP contribution in [0.4, 0.5) is 0 Å². The van der Waals surface area contributed by atoms with Crippen LogP contribution < -0.4 is 0 Å². The molecule has 0 bridgehead atoms. The van der Waals surface area contributed by atoms with E-state index >= 15 is 0 Å². The Hall–Kier alpha value is -0.970. The monoisotopic (exact) mass is 295 g/mol. The summed E-state index contributed by atoms with van der Waals surface area (Å²) < 4.78 is 1.88. The number of amides is 1. The second-order valence-electron chi connectivity index (χ2n) is 5.25. The van der Waals surface area contributed by atoms with Gasteiger partial charge < -0.3 is 4.90 Å². The SMILES string of the molecule is CCSC1CCCCN(C(=O)Cc2ccn(CC)n2)C1. The number of rotatable bonds is 5. The first-order chi connectivity index (χ1) is 9.72. The van der Waals surface area contributed by atoms with Gasteiger partial charge in [-0.25, -0.2) is 0 Å². The summed E-state index contributed by atoms with van der Waals surface area (Å²) in [6, 6.07) is 1.96. The molecule has 2 heterocycles. The topological polar surface area (TPSA) is 38.1 Å². The molecule has 1 unspecified atom stereocenters. The average Bonchev–Trinajstić information content (AvgIpc) is 2.76. The zero-order valence-corrected chi connectivity index (χ0v) is 13.4. The lowest BCUT2D eigenvalue weighted by atomic mass is 10.2.